The van der Waals surface area contributed by atoms with E-state index in [2.05, 4.69) is 32.5 Å². The summed E-state index contributed by atoms with van der Waals surface area (Å²) in [5, 5.41) is 27.2. The number of benzene rings is 2. The minimum atomic E-state index is -0.581. The zero-order chi connectivity index (χ0) is 27.4. The number of ketones is 1. The van der Waals surface area contributed by atoms with Gasteiger partial charge in [-0.25, -0.2) is 4.98 Å². The highest BCUT2D eigenvalue weighted by molar-refractivity contribution is 6.33. The van der Waals surface area contributed by atoms with Gasteiger partial charge in [-0.3, -0.25) is 9.59 Å². The maximum absolute atomic E-state index is 13.6. The average Bonchev–Trinajstić information content (AvgIpc) is 3.60. The Balaban J connectivity index is 1.60. The van der Waals surface area contributed by atoms with Crippen molar-refractivity contribution < 1.29 is 14.3 Å². The fourth-order valence-corrected chi connectivity index (χ4v) is 4.73. The molecule has 5 aromatic rings. The van der Waals surface area contributed by atoms with Crippen molar-refractivity contribution >= 4 is 23.7 Å². The van der Waals surface area contributed by atoms with Gasteiger partial charge in [0.15, 0.2) is 17.6 Å². The van der Waals surface area contributed by atoms with Gasteiger partial charge >= 0.3 is 0 Å². The second-order valence-electron chi connectivity index (χ2n) is 8.96. The van der Waals surface area contributed by atoms with Crippen LogP contribution in [0.4, 0.5) is 0 Å². The predicted molar refractivity (Wildman–Crippen MR) is 144 cm³/mol. The van der Waals surface area contributed by atoms with Gasteiger partial charge in [-0.2, -0.15) is 9.94 Å². The molecule has 196 valence electrons. The molecule has 39 heavy (non-hydrogen) atoms. The normalized spacial score (nSPS) is 11.0. The standard InChI is InChI=1S/C28H24ClN7O3/c1-2-3-9-24-30-27(29)25(26(38)23-13-11-19(17-37)16-36(23)39)35(24)15-18-10-12-21(20-7-5-4-6-8-20)22(14-18)28-31-33-34-32-28/h4-8,10-14,16-17H,2-3,9,15H2,1H3,(H,31,32,33,34). The van der Waals surface area contributed by atoms with Crippen LogP contribution < -0.4 is 4.73 Å². The van der Waals surface area contributed by atoms with Crippen LogP contribution in [0.5, 0.6) is 0 Å². The maximum Gasteiger partial charge on any atom is 0.277 e. The van der Waals surface area contributed by atoms with Crippen molar-refractivity contribution in [3.63, 3.8) is 0 Å². The van der Waals surface area contributed by atoms with Gasteiger partial charge in [-0.15, -0.1) is 10.2 Å². The van der Waals surface area contributed by atoms with Crippen molar-refractivity contribution in [2.24, 2.45) is 0 Å². The molecule has 0 aliphatic heterocycles. The number of aromatic amines is 1. The molecular weight excluding hydrogens is 518 g/mol. The molecule has 0 saturated carbocycles. The van der Waals surface area contributed by atoms with Crippen LogP contribution in [0.3, 0.4) is 0 Å². The summed E-state index contributed by atoms with van der Waals surface area (Å²) in [4.78, 5) is 29.1. The first-order valence-corrected chi connectivity index (χ1v) is 12.8. The number of aromatic nitrogens is 7. The number of aryl methyl sites for hydroxylation is 1. The number of tetrazole rings is 1. The Morgan fingerprint density at radius 3 is 2.64 bits per heavy atom. The predicted octanol–water partition coefficient (Wildman–Crippen LogP) is 4.45. The first-order chi connectivity index (χ1) is 19.0. The van der Waals surface area contributed by atoms with Gasteiger partial charge in [-0.1, -0.05) is 67.4 Å². The third-order valence-electron chi connectivity index (χ3n) is 6.37. The molecule has 0 spiro atoms. The van der Waals surface area contributed by atoms with E-state index in [-0.39, 0.29) is 28.6 Å². The van der Waals surface area contributed by atoms with E-state index in [4.69, 9.17) is 11.6 Å². The Labute approximate surface area is 228 Å². The third kappa shape index (κ3) is 5.32. The van der Waals surface area contributed by atoms with E-state index in [0.717, 1.165) is 41.3 Å². The number of halogens is 1. The molecule has 0 bridgehead atoms. The summed E-state index contributed by atoms with van der Waals surface area (Å²) in [5.41, 5.74) is 3.65. The summed E-state index contributed by atoms with van der Waals surface area (Å²) in [6.45, 7) is 2.33. The maximum atomic E-state index is 13.6. The van der Waals surface area contributed by atoms with Gasteiger partial charge in [0.05, 0.1) is 5.56 Å². The van der Waals surface area contributed by atoms with Crippen molar-refractivity contribution in [3.05, 3.63) is 106 Å². The van der Waals surface area contributed by atoms with Gasteiger partial charge in [0.2, 0.25) is 5.82 Å². The molecular formula is C28H24ClN7O3. The number of carbonyl (C=O) groups is 2. The van der Waals surface area contributed by atoms with Crippen molar-refractivity contribution in [2.75, 3.05) is 0 Å². The largest absolute Gasteiger partial charge is 0.618 e. The highest BCUT2D eigenvalue weighted by atomic mass is 35.5. The Morgan fingerprint density at radius 2 is 1.95 bits per heavy atom. The number of rotatable bonds is 10. The lowest BCUT2D eigenvalue weighted by molar-refractivity contribution is -0.607. The Bertz CT molecular complexity index is 1630. The number of unbranched alkanes of at least 4 members (excludes halogenated alkanes) is 1. The van der Waals surface area contributed by atoms with Crippen LogP contribution in [-0.4, -0.2) is 42.2 Å². The van der Waals surface area contributed by atoms with Crippen LogP contribution in [0.25, 0.3) is 22.5 Å². The monoisotopic (exact) mass is 541 g/mol. The topological polar surface area (TPSA) is 133 Å². The number of H-pyrrole nitrogens is 1. The molecule has 0 atom stereocenters. The lowest BCUT2D eigenvalue weighted by atomic mass is 9.97. The van der Waals surface area contributed by atoms with Crippen molar-refractivity contribution in [3.8, 4) is 22.5 Å². The Kier molecular flexibility index (Phi) is 7.55. The molecule has 2 aromatic carbocycles. The van der Waals surface area contributed by atoms with Crippen LogP contribution in [0, 0.1) is 5.21 Å². The molecule has 0 aliphatic carbocycles. The number of hydrogen-bond donors (Lipinski definition) is 1. The highest BCUT2D eigenvalue weighted by Gasteiger charge is 2.28. The molecule has 0 aliphatic rings. The summed E-state index contributed by atoms with van der Waals surface area (Å²) in [5.74, 6) is 0.493. The Hall–Kier alpha value is -4.70. The molecule has 0 fully saturated rings. The number of nitrogens with zero attached hydrogens (tertiary/aromatic N) is 6. The number of hydrogen-bond acceptors (Lipinski definition) is 7. The van der Waals surface area contributed by atoms with E-state index < -0.39 is 5.78 Å². The van der Waals surface area contributed by atoms with E-state index in [0.29, 0.717) is 29.1 Å². The van der Waals surface area contributed by atoms with Crippen LogP contribution in [0.2, 0.25) is 5.15 Å². The first-order valence-electron chi connectivity index (χ1n) is 12.4. The van der Waals surface area contributed by atoms with Crippen molar-refractivity contribution in [1.82, 2.24) is 30.2 Å². The molecule has 3 aromatic heterocycles. The molecule has 0 saturated heterocycles. The lowest BCUT2D eigenvalue weighted by Gasteiger charge is -2.14. The summed E-state index contributed by atoms with van der Waals surface area (Å²) < 4.78 is 2.14. The van der Waals surface area contributed by atoms with Crippen LogP contribution in [0.15, 0.2) is 66.9 Å². The van der Waals surface area contributed by atoms with E-state index in [1.54, 1.807) is 4.57 Å². The molecule has 0 amide bonds. The van der Waals surface area contributed by atoms with E-state index in [1.807, 2.05) is 48.5 Å². The van der Waals surface area contributed by atoms with Gasteiger partial charge in [-0.05, 0) is 40.5 Å². The second-order valence-corrected chi connectivity index (χ2v) is 9.32. The fraction of sp³-hybridized carbons (Fsp3) is 0.179. The van der Waals surface area contributed by atoms with Gasteiger partial charge in [0, 0.05) is 24.6 Å². The number of imidazole rings is 1. The molecule has 5 rings (SSSR count). The highest BCUT2D eigenvalue weighted by Crippen LogP contribution is 2.32. The minimum absolute atomic E-state index is 0.0184. The molecule has 3 heterocycles. The van der Waals surface area contributed by atoms with Gasteiger partial charge in [0.1, 0.15) is 11.5 Å². The third-order valence-corrected chi connectivity index (χ3v) is 6.64. The molecule has 10 nitrogen and oxygen atoms in total. The fourth-order valence-electron chi connectivity index (χ4n) is 4.45. The molecule has 0 unspecified atom stereocenters. The number of pyridine rings is 1. The van der Waals surface area contributed by atoms with Crippen molar-refractivity contribution in [1.29, 1.82) is 0 Å². The zero-order valence-corrected chi connectivity index (χ0v) is 21.8. The summed E-state index contributed by atoms with van der Waals surface area (Å²) >= 11 is 6.52. The quantitative estimate of drug-likeness (QED) is 0.119. The van der Waals surface area contributed by atoms with Crippen molar-refractivity contribution in [2.45, 2.75) is 32.7 Å². The number of nitrogens with one attached hydrogen (secondary N) is 1. The minimum Gasteiger partial charge on any atom is -0.618 e. The number of aldehydes is 1. The summed E-state index contributed by atoms with van der Waals surface area (Å²) in [6, 6.07) is 18.5. The van der Waals surface area contributed by atoms with Crippen LogP contribution >= 0.6 is 11.6 Å². The van der Waals surface area contributed by atoms with E-state index >= 15 is 0 Å². The van der Waals surface area contributed by atoms with Crippen LogP contribution in [0.1, 0.15) is 57.7 Å². The smallest absolute Gasteiger partial charge is 0.277 e. The second kappa shape index (κ2) is 11.4. The van der Waals surface area contributed by atoms with E-state index in [1.165, 1.54) is 12.1 Å². The molecule has 0 radical (unpaired) electrons. The average molecular weight is 542 g/mol. The van der Waals surface area contributed by atoms with Gasteiger partial charge < -0.3 is 9.77 Å². The summed E-state index contributed by atoms with van der Waals surface area (Å²) in [6.07, 6.45) is 3.98. The number of carbonyl (C=O) groups excluding carboxylic acids is 2. The lowest BCUT2D eigenvalue weighted by Crippen LogP contribution is -2.35. The Morgan fingerprint density at radius 1 is 1.13 bits per heavy atom. The van der Waals surface area contributed by atoms with Gasteiger partial charge in [0.25, 0.3) is 11.5 Å². The van der Waals surface area contributed by atoms with E-state index in [9.17, 15) is 14.8 Å². The zero-order valence-electron chi connectivity index (χ0n) is 21.0. The molecule has 1 N–H and O–H groups in total. The SMILES string of the molecule is CCCCc1nc(Cl)c(C(=O)c2ccc(C=O)c[n+]2[O-])n1Cc1ccc(-c2ccccc2)c(-c2nn[nH]n2)c1. The van der Waals surface area contributed by atoms with Crippen LogP contribution in [-0.2, 0) is 13.0 Å². The summed E-state index contributed by atoms with van der Waals surface area (Å²) in [7, 11) is 0. The first kappa shape index (κ1) is 25.9. The molecule has 11 heteroatoms.